The third-order valence-electron chi connectivity index (χ3n) is 11.6. The van der Waals surface area contributed by atoms with Gasteiger partial charge in [0.15, 0.2) is 0 Å². The minimum Gasteiger partial charge on any atom is -0.508 e. The molecule has 2 nitrogen and oxygen atoms in total. The van der Waals surface area contributed by atoms with E-state index in [1.54, 1.807) is 0 Å². The largest absolute Gasteiger partial charge is 0.508 e. The van der Waals surface area contributed by atoms with E-state index in [1.165, 1.54) is 70.2 Å². The van der Waals surface area contributed by atoms with E-state index < -0.39 is 5.41 Å². The Morgan fingerprint density at radius 3 is 1.89 bits per heavy atom. The Labute approximate surface area is 274 Å². The van der Waals surface area contributed by atoms with E-state index >= 15 is 0 Å². The van der Waals surface area contributed by atoms with Gasteiger partial charge in [-0.1, -0.05) is 131 Å². The van der Waals surface area contributed by atoms with Crippen LogP contribution in [0.1, 0.15) is 111 Å². The second-order valence-electron chi connectivity index (χ2n) is 14.1. The fourth-order valence-electron chi connectivity index (χ4n) is 9.54. The molecular formula is C44H46O2. The number of aromatic hydroxyl groups is 2. The third-order valence-corrected chi connectivity index (χ3v) is 11.6. The number of hydrogen-bond donors (Lipinski definition) is 2. The molecule has 0 saturated heterocycles. The van der Waals surface area contributed by atoms with E-state index in [2.05, 4.69) is 107 Å². The molecule has 2 atom stereocenters. The van der Waals surface area contributed by atoms with Gasteiger partial charge >= 0.3 is 0 Å². The van der Waals surface area contributed by atoms with Gasteiger partial charge in [0.25, 0.3) is 0 Å². The van der Waals surface area contributed by atoms with E-state index in [4.69, 9.17) is 0 Å². The van der Waals surface area contributed by atoms with Gasteiger partial charge in [-0.05, 0) is 100 Å². The molecular weight excluding hydrogens is 560 g/mol. The molecule has 0 bridgehead atoms. The number of allylic oxidation sites excluding steroid dienone is 4. The second kappa shape index (κ2) is 11.2. The molecule has 46 heavy (non-hydrogen) atoms. The van der Waals surface area contributed by atoms with Crippen LogP contribution in [0.15, 0.2) is 109 Å². The zero-order valence-corrected chi connectivity index (χ0v) is 27.7. The number of rotatable bonds is 9. The van der Waals surface area contributed by atoms with Crippen LogP contribution < -0.4 is 0 Å². The molecule has 3 aliphatic carbocycles. The lowest BCUT2D eigenvalue weighted by Gasteiger charge is -2.47. The van der Waals surface area contributed by atoms with Crippen LogP contribution in [0.3, 0.4) is 0 Å². The molecule has 0 fully saturated rings. The van der Waals surface area contributed by atoms with Gasteiger partial charge in [-0.25, -0.2) is 0 Å². The lowest BCUT2D eigenvalue weighted by molar-refractivity contribution is 0.286. The van der Waals surface area contributed by atoms with Crippen molar-refractivity contribution in [2.24, 2.45) is 5.41 Å². The van der Waals surface area contributed by atoms with Crippen LogP contribution in [0.2, 0.25) is 0 Å². The molecule has 7 rings (SSSR count). The van der Waals surface area contributed by atoms with Crippen LogP contribution in [0.4, 0.5) is 0 Å². The summed E-state index contributed by atoms with van der Waals surface area (Å²) in [5.74, 6) is 0.677. The fourth-order valence-corrected chi connectivity index (χ4v) is 9.54. The van der Waals surface area contributed by atoms with E-state index in [1.807, 2.05) is 30.3 Å². The number of fused-ring (bicyclic) bond motifs is 6. The Kier molecular flexibility index (Phi) is 7.39. The van der Waals surface area contributed by atoms with E-state index in [0.717, 1.165) is 24.0 Å². The number of unbranched alkanes of at least 4 members (excludes halogenated alkanes) is 2. The normalized spacial score (nSPS) is 21.2. The van der Waals surface area contributed by atoms with Crippen LogP contribution >= 0.6 is 0 Å². The molecule has 0 amide bonds. The number of benzene rings is 4. The highest BCUT2D eigenvalue weighted by atomic mass is 16.3. The highest BCUT2D eigenvalue weighted by molar-refractivity contribution is 5.85. The predicted octanol–water partition coefficient (Wildman–Crippen LogP) is 11.3. The summed E-state index contributed by atoms with van der Waals surface area (Å²) in [6, 6.07) is 27.8. The highest BCUT2D eigenvalue weighted by Gasteiger charge is 2.61. The summed E-state index contributed by atoms with van der Waals surface area (Å²) in [6.45, 7) is 13.4. The maximum atomic E-state index is 10.4. The van der Waals surface area contributed by atoms with Crippen molar-refractivity contribution < 1.29 is 10.2 Å². The van der Waals surface area contributed by atoms with Crippen molar-refractivity contribution in [3.05, 3.63) is 148 Å². The van der Waals surface area contributed by atoms with Crippen molar-refractivity contribution >= 4 is 6.08 Å². The first kappa shape index (κ1) is 30.4. The Morgan fingerprint density at radius 2 is 1.33 bits per heavy atom. The predicted molar refractivity (Wildman–Crippen MR) is 192 cm³/mol. The van der Waals surface area contributed by atoms with Crippen LogP contribution in [-0.4, -0.2) is 10.2 Å². The average Bonchev–Trinajstić information content (AvgIpc) is 3.44. The highest BCUT2D eigenvalue weighted by Crippen LogP contribution is 2.69. The third kappa shape index (κ3) is 4.15. The topological polar surface area (TPSA) is 40.5 Å². The molecule has 0 heterocycles. The molecule has 234 valence electrons. The minimum absolute atomic E-state index is 0.0341. The molecule has 4 aromatic rings. The van der Waals surface area contributed by atoms with Gasteiger partial charge in [0.1, 0.15) is 11.5 Å². The first-order valence-corrected chi connectivity index (χ1v) is 17.2. The number of phenolic OH excluding ortho intramolecular Hbond substituents is 2. The molecule has 3 aliphatic rings. The van der Waals surface area contributed by atoms with Gasteiger partial charge < -0.3 is 10.2 Å². The molecule has 4 aromatic carbocycles. The van der Waals surface area contributed by atoms with Crippen LogP contribution in [-0.2, 0) is 10.8 Å². The molecule has 2 unspecified atom stereocenters. The smallest absolute Gasteiger partial charge is 0.115 e. The van der Waals surface area contributed by atoms with Crippen molar-refractivity contribution in [1.82, 2.24) is 0 Å². The number of hydrogen-bond acceptors (Lipinski definition) is 2. The first-order valence-electron chi connectivity index (χ1n) is 17.2. The number of phenols is 2. The van der Waals surface area contributed by atoms with Gasteiger partial charge in [0.05, 0.1) is 5.41 Å². The zero-order valence-electron chi connectivity index (χ0n) is 27.7. The lowest BCUT2D eigenvalue weighted by Crippen LogP contribution is -2.43. The summed E-state index contributed by atoms with van der Waals surface area (Å²) >= 11 is 0. The SMILES string of the molecule is C=Cc1ccc2c(c1)C(CCCC)(CCCC)c1cc3c(cc1-2)C(c1ccc(O)cc1)(c1ccc(O)cc1)C1(C)C=C(C)C=CC31. The van der Waals surface area contributed by atoms with Gasteiger partial charge in [-0.15, -0.1) is 0 Å². The van der Waals surface area contributed by atoms with Gasteiger partial charge in [0.2, 0.25) is 0 Å². The van der Waals surface area contributed by atoms with E-state index in [0.29, 0.717) is 0 Å². The molecule has 0 spiro atoms. The summed E-state index contributed by atoms with van der Waals surface area (Å²) in [5, 5.41) is 20.9. The van der Waals surface area contributed by atoms with Crippen LogP contribution in [0.5, 0.6) is 11.5 Å². The Morgan fingerprint density at radius 1 is 0.739 bits per heavy atom. The first-order chi connectivity index (χ1) is 22.2. The van der Waals surface area contributed by atoms with Crippen molar-refractivity contribution in [2.45, 2.75) is 83.0 Å². The quantitative estimate of drug-likeness (QED) is 0.199. The Balaban J connectivity index is 1.61. The van der Waals surface area contributed by atoms with Crippen LogP contribution in [0.25, 0.3) is 17.2 Å². The minimum atomic E-state index is -0.561. The van der Waals surface area contributed by atoms with Crippen LogP contribution in [0, 0.1) is 5.41 Å². The molecule has 0 saturated carbocycles. The van der Waals surface area contributed by atoms with Crippen molar-refractivity contribution in [3.8, 4) is 22.6 Å². The summed E-state index contributed by atoms with van der Waals surface area (Å²) in [4.78, 5) is 0. The Bertz CT molecular complexity index is 1820. The van der Waals surface area contributed by atoms with E-state index in [-0.39, 0.29) is 28.2 Å². The molecule has 0 aliphatic heterocycles. The maximum Gasteiger partial charge on any atom is 0.115 e. The van der Waals surface area contributed by atoms with Gasteiger partial charge in [-0.3, -0.25) is 0 Å². The summed E-state index contributed by atoms with van der Waals surface area (Å²) in [5.41, 5.74) is 12.1. The van der Waals surface area contributed by atoms with Gasteiger partial charge in [0, 0.05) is 16.7 Å². The zero-order chi connectivity index (χ0) is 32.3. The summed E-state index contributed by atoms with van der Waals surface area (Å²) in [7, 11) is 0. The molecule has 2 heteroatoms. The van der Waals surface area contributed by atoms with Gasteiger partial charge in [-0.2, -0.15) is 0 Å². The summed E-state index contributed by atoms with van der Waals surface area (Å²) in [6.07, 6.45) is 16.2. The maximum absolute atomic E-state index is 10.4. The second-order valence-corrected chi connectivity index (χ2v) is 14.1. The monoisotopic (exact) mass is 606 g/mol. The van der Waals surface area contributed by atoms with Crippen molar-refractivity contribution in [1.29, 1.82) is 0 Å². The molecule has 0 aromatic heterocycles. The average molecular weight is 607 g/mol. The summed E-state index contributed by atoms with van der Waals surface area (Å²) < 4.78 is 0. The molecule has 0 radical (unpaired) electrons. The lowest BCUT2D eigenvalue weighted by atomic mass is 9.54. The van der Waals surface area contributed by atoms with E-state index in [9.17, 15) is 10.2 Å². The fraction of sp³-hybridized carbons (Fsp3) is 0.318. The molecule has 2 N–H and O–H groups in total. The van der Waals surface area contributed by atoms with Crippen molar-refractivity contribution in [3.63, 3.8) is 0 Å². The standard InChI is InChI=1S/C44H46O2/c1-6-9-23-43(24-10-7-2)39-25-30(8-3)12-21-35(39)36-26-41-37(27-40(36)43)38-22-11-29(4)28-42(38,5)44(41,31-13-17-33(45)18-14-31)32-15-19-34(46)20-16-32/h8,11-22,25-28,38,45-46H,3,6-7,9-10,23-24H2,1-2,4-5H3. The van der Waals surface area contributed by atoms with Crippen molar-refractivity contribution in [2.75, 3.05) is 0 Å². The Hall–Kier alpha value is -4.30.